The standard InChI is InChI=1S/C29H27N5O3S2/c1-4-5-12-30-13-14-36-21-10-8-20(9-11-21)24-19(3)23-26(33-34-28(35)18(2)16-29(34)17-37-29)31-25(32-27(23)39-24)22-7-6-15-38-22/h6-11,15-16,30H,12-14,17H2,1-3H3,(H,31,32,33). The van der Waals surface area contributed by atoms with Crippen LogP contribution >= 0.6 is 22.7 Å². The number of hydrogen-bond acceptors (Lipinski definition) is 9. The van der Waals surface area contributed by atoms with Crippen LogP contribution in [0.25, 0.3) is 31.4 Å². The van der Waals surface area contributed by atoms with Crippen molar-refractivity contribution in [3.63, 3.8) is 0 Å². The lowest BCUT2D eigenvalue weighted by molar-refractivity contribution is -0.127. The third kappa shape index (κ3) is 4.90. The smallest absolute Gasteiger partial charge is 0.270 e. The van der Waals surface area contributed by atoms with Gasteiger partial charge in [-0.2, -0.15) is 0 Å². The number of nitrogens with one attached hydrogen (secondary N) is 2. The van der Waals surface area contributed by atoms with Crippen LogP contribution in [0.15, 0.2) is 53.4 Å². The van der Waals surface area contributed by atoms with Crippen molar-refractivity contribution < 1.29 is 14.3 Å². The van der Waals surface area contributed by atoms with E-state index in [1.807, 2.05) is 42.6 Å². The Morgan fingerprint density at radius 1 is 1.21 bits per heavy atom. The van der Waals surface area contributed by atoms with Gasteiger partial charge in [-0.1, -0.05) is 12.0 Å². The first kappa shape index (κ1) is 25.5. The molecule has 2 aliphatic rings. The molecule has 8 nitrogen and oxygen atoms in total. The van der Waals surface area contributed by atoms with Crippen LogP contribution in [0, 0.1) is 18.8 Å². The van der Waals surface area contributed by atoms with Crippen LogP contribution in [-0.4, -0.2) is 52.9 Å². The highest BCUT2D eigenvalue weighted by molar-refractivity contribution is 7.22. The monoisotopic (exact) mass is 557 g/mol. The summed E-state index contributed by atoms with van der Waals surface area (Å²) in [5, 5.41) is 7.67. The molecular formula is C29H27N5O3S2. The number of amides is 1. The lowest BCUT2D eigenvalue weighted by Gasteiger charge is -2.23. The van der Waals surface area contributed by atoms with E-state index in [0.29, 0.717) is 37.0 Å². The molecule has 1 unspecified atom stereocenters. The second kappa shape index (κ2) is 10.4. The van der Waals surface area contributed by atoms with E-state index in [0.717, 1.165) is 43.4 Å². The number of carbonyl (C=O) groups excluding carboxylic acids is 1. The van der Waals surface area contributed by atoms with Crippen molar-refractivity contribution in [2.75, 3.05) is 31.7 Å². The van der Waals surface area contributed by atoms with Gasteiger partial charge in [0, 0.05) is 17.0 Å². The summed E-state index contributed by atoms with van der Waals surface area (Å²) < 4.78 is 11.5. The first-order valence-corrected chi connectivity index (χ1v) is 14.3. The van der Waals surface area contributed by atoms with Crippen LogP contribution in [0.4, 0.5) is 5.82 Å². The Morgan fingerprint density at radius 2 is 2.03 bits per heavy atom. The fraction of sp³-hybridized carbons (Fsp3) is 0.276. The third-order valence-electron chi connectivity index (χ3n) is 6.60. The van der Waals surface area contributed by atoms with Gasteiger partial charge in [0.25, 0.3) is 5.91 Å². The molecule has 39 heavy (non-hydrogen) atoms. The largest absolute Gasteiger partial charge is 0.492 e. The summed E-state index contributed by atoms with van der Waals surface area (Å²) in [5.41, 5.74) is 5.34. The average molecular weight is 558 g/mol. The van der Waals surface area contributed by atoms with E-state index in [4.69, 9.17) is 19.4 Å². The van der Waals surface area contributed by atoms with Gasteiger partial charge in [0.15, 0.2) is 11.6 Å². The predicted octanol–water partition coefficient (Wildman–Crippen LogP) is 5.23. The molecule has 1 spiro atoms. The van der Waals surface area contributed by atoms with E-state index < -0.39 is 5.72 Å². The maximum Gasteiger partial charge on any atom is 0.270 e. The quantitative estimate of drug-likeness (QED) is 0.165. The highest BCUT2D eigenvalue weighted by atomic mass is 32.1. The van der Waals surface area contributed by atoms with Crippen molar-refractivity contribution in [1.82, 2.24) is 20.3 Å². The zero-order valence-electron chi connectivity index (χ0n) is 21.8. The molecule has 1 atom stereocenters. The molecular weight excluding hydrogens is 530 g/mol. The zero-order valence-corrected chi connectivity index (χ0v) is 23.5. The summed E-state index contributed by atoms with van der Waals surface area (Å²) in [7, 11) is 0. The predicted molar refractivity (Wildman–Crippen MR) is 156 cm³/mol. The molecule has 2 aliphatic heterocycles. The number of aryl methyl sites for hydroxylation is 1. The number of hydrogen-bond donors (Lipinski definition) is 2. The number of ether oxygens (including phenoxy) is 2. The number of anilines is 1. The van der Waals surface area contributed by atoms with Crippen molar-refractivity contribution in [2.24, 2.45) is 0 Å². The lowest BCUT2D eigenvalue weighted by Crippen LogP contribution is -2.42. The van der Waals surface area contributed by atoms with Gasteiger partial charge in [0.2, 0.25) is 5.72 Å². The van der Waals surface area contributed by atoms with Gasteiger partial charge in [-0.15, -0.1) is 28.6 Å². The fourth-order valence-electron chi connectivity index (χ4n) is 4.54. The van der Waals surface area contributed by atoms with Crippen LogP contribution < -0.4 is 15.5 Å². The topological polar surface area (TPSA) is 91.9 Å². The number of benzene rings is 1. The van der Waals surface area contributed by atoms with Crippen molar-refractivity contribution in [3.05, 3.63) is 59.0 Å². The van der Waals surface area contributed by atoms with Gasteiger partial charge in [0.1, 0.15) is 23.8 Å². The van der Waals surface area contributed by atoms with Gasteiger partial charge < -0.3 is 14.8 Å². The maximum atomic E-state index is 13.0. The second-order valence-corrected chi connectivity index (χ2v) is 11.2. The summed E-state index contributed by atoms with van der Waals surface area (Å²) in [6.07, 6.45) is 1.87. The summed E-state index contributed by atoms with van der Waals surface area (Å²) in [6.45, 7) is 8.12. The Bertz CT molecular complexity index is 1630. The highest BCUT2D eigenvalue weighted by Crippen LogP contribution is 2.44. The SMILES string of the molecule is CC#CCNCCOc1ccc(-c2sc3nc(-c4cccs4)nc(NN4C(=O)C(C)=CC45CO5)c3c2C)cc1. The number of hydrazine groups is 1. The molecule has 0 radical (unpaired) electrons. The Morgan fingerprint density at radius 3 is 2.74 bits per heavy atom. The van der Waals surface area contributed by atoms with E-state index in [-0.39, 0.29) is 5.91 Å². The summed E-state index contributed by atoms with van der Waals surface area (Å²) in [6, 6.07) is 12.1. The minimum absolute atomic E-state index is 0.117. The van der Waals surface area contributed by atoms with Gasteiger partial charge in [0.05, 0.1) is 16.8 Å². The molecule has 1 fully saturated rings. The zero-order chi connectivity index (χ0) is 27.0. The minimum atomic E-state index is -0.733. The molecule has 5 heterocycles. The van der Waals surface area contributed by atoms with E-state index in [1.165, 1.54) is 0 Å². The Kier molecular flexibility index (Phi) is 6.83. The number of thiophene rings is 2. The number of rotatable bonds is 9. The minimum Gasteiger partial charge on any atom is -0.492 e. The normalized spacial score (nSPS) is 17.9. The van der Waals surface area contributed by atoms with Crippen LogP contribution in [-0.2, 0) is 9.53 Å². The van der Waals surface area contributed by atoms with Crippen molar-refractivity contribution >= 4 is 44.6 Å². The van der Waals surface area contributed by atoms with Gasteiger partial charge in [-0.05, 0) is 73.7 Å². The van der Waals surface area contributed by atoms with Gasteiger partial charge in [-0.25, -0.2) is 15.0 Å². The summed E-state index contributed by atoms with van der Waals surface area (Å²) in [5.74, 6) is 7.75. The Balaban J connectivity index is 1.31. The summed E-state index contributed by atoms with van der Waals surface area (Å²) >= 11 is 3.20. The highest BCUT2D eigenvalue weighted by Gasteiger charge is 2.56. The van der Waals surface area contributed by atoms with Gasteiger partial charge >= 0.3 is 0 Å². The molecule has 0 saturated carbocycles. The van der Waals surface area contributed by atoms with Crippen LogP contribution in [0.1, 0.15) is 19.4 Å². The molecule has 3 aromatic heterocycles. The number of aromatic nitrogens is 2. The average Bonchev–Trinajstić information content (AvgIpc) is 3.26. The molecule has 6 rings (SSSR count). The number of nitrogens with zero attached hydrogens (tertiary/aromatic N) is 3. The summed E-state index contributed by atoms with van der Waals surface area (Å²) in [4.78, 5) is 25.7. The van der Waals surface area contributed by atoms with Crippen molar-refractivity contribution in [1.29, 1.82) is 0 Å². The van der Waals surface area contributed by atoms with E-state index in [2.05, 4.69) is 41.6 Å². The van der Waals surface area contributed by atoms with Gasteiger partial charge in [-0.3, -0.25) is 10.2 Å². The first-order valence-electron chi connectivity index (χ1n) is 12.6. The van der Waals surface area contributed by atoms with Crippen molar-refractivity contribution in [3.8, 4) is 38.7 Å². The molecule has 1 aromatic carbocycles. The van der Waals surface area contributed by atoms with Crippen LogP contribution in [0.2, 0.25) is 0 Å². The number of fused-ring (bicyclic) bond motifs is 1. The Hall–Kier alpha value is -3.75. The molecule has 0 aliphatic carbocycles. The maximum absolute atomic E-state index is 13.0. The van der Waals surface area contributed by atoms with Crippen molar-refractivity contribution in [2.45, 2.75) is 26.5 Å². The Labute approximate surface area is 234 Å². The fourth-order valence-corrected chi connectivity index (χ4v) is 6.39. The molecule has 1 amide bonds. The number of carbonyl (C=O) groups is 1. The third-order valence-corrected chi connectivity index (χ3v) is 8.71. The first-order chi connectivity index (χ1) is 19.0. The molecule has 4 aromatic rings. The van der Waals surface area contributed by atoms with Crippen LogP contribution in [0.5, 0.6) is 5.75 Å². The van der Waals surface area contributed by atoms with E-state index in [1.54, 1.807) is 34.6 Å². The molecule has 10 heteroatoms. The molecule has 198 valence electrons. The van der Waals surface area contributed by atoms with E-state index >= 15 is 0 Å². The van der Waals surface area contributed by atoms with Crippen LogP contribution in [0.3, 0.4) is 0 Å². The molecule has 2 N–H and O–H groups in total. The molecule has 0 bridgehead atoms. The number of epoxide rings is 1. The van der Waals surface area contributed by atoms with E-state index in [9.17, 15) is 4.79 Å². The lowest BCUT2D eigenvalue weighted by atomic mass is 10.1. The molecule has 1 saturated heterocycles. The second-order valence-electron chi connectivity index (χ2n) is 9.30.